The molecule has 0 saturated carbocycles. The number of nitrogens with zero attached hydrogens (tertiary/aromatic N) is 4. The van der Waals surface area contributed by atoms with E-state index in [-0.39, 0.29) is 17.2 Å². The van der Waals surface area contributed by atoms with Crippen LogP contribution in [-0.4, -0.2) is 62.7 Å². The Balaban J connectivity index is 1.63. The molecule has 0 aliphatic carbocycles. The number of aromatic nitrogens is 2. The molecule has 1 aromatic rings. The van der Waals surface area contributed by atoms with Crippen molar-refractivity contribution in [1.82, 2.24) is 19.8 Å². The number of likely N-dealkylation sites (tertiary alicyclic amines) is 2. The van der Waals surface area contributed by atoms with Gasteiger partial charge in [-0.2, -0.15) is 11.8 Å². The van der Waals surface area contributed by atoms with Gasteiger partial charge in [0.05, 0.1) is 29.9 Å². The van der Waals surface area contributed by atoms with Crippen LogP contribution in [0.3, 0.4) is 0 Å². The first-order valence-corrected chi connectivity index (χ1v) is 11.1. The molecule has 148 valence electrons. The first-order valence-electron chi connectivity index (χ1n) is 9.92. The molecule has 1 spiro atoms. The van der Waals surface area contributed by atoms with Crippen molar-refractivity contribution in [3.63, 3.8) is 0 Å². The molecule has 0 unspecified atom stereocenters. The number of hydrogen-bond donors (Lipinski definition) is 0. The summed E-state index contributed by atoms with van der Waals surface area (Å²) in [7, 11) is 0. The van der Waals surface area contributed by atoms with Crippen molar-refractivity contribution in [2.75, 3.05) is 31.1 Å². The maximum Gasteiger partial charge on any atom is 0.232 e. The molecule has 3 rings (SSSR count). The predicted octanol–water partition coefficient (Wildman–Crippen LogP) is 2.66. The smallest absolute Gasteiger partial charge is 0.232 e. The van der Waals surface area contributed by atoms with Gasteiger partial charge in [0.2, 0.25) is 11.8 Å². The molecule has 27 heavy (non-hydrogen) atoms. The number of carbonyl (C=O) groups excluding carboxylic acids is 2. The average molecular weight is 391 g/mol. The lowest BCUT2D eigenvalue weighted by Gasteiger charge is -2.48. The minimum absolute atomic E-state index is 0.0371. The van der Waals surface area contributed by atoms with Gasteiger partial charge >= 0.3 is 0 Å². The number of hydrogen-bond acceptors (Lipinski definition) is 5. The molecule has 2 saturated heterocycles. The van der Waals surface area contributed by atoms with E-state index in [1.807, 2.05) is 16.7 Å². The third kappa shape index (κ3) is 5.21. The van der Waals surface area contributed by atoms with Gasteiger partial charge in [0, 0.05) is 37.7 Å². The van der Waals surface area contributed by atoms with Crippen molar-refractivity contribution in [3.8, 4) is 0 Å². The van der Waals surface area contributed by atoms with Gasteiger partial charge in [-0.3, -0.25) is 19.6 Å². The highest BCUT2D eigenvalue weighted by atomic mass is 32.2. The van der Waals surface area contributed by atoms with Gasteiger partial charge in [-0.15, -0.1) is 0 Å². The van der Waals surface area contributed by atoms with E-state index in [0.717, 1.165) is 55.9 Å². The van der Waals surface area contributed by atoms with E-state index in [1.54, 1.807) is 24.2 Å². The van der Waals surface area contributed by atoms with E-state index in [2.05, 4.69) is 16.9 Å². The zero-order chi connectivity index (χ0) is 19.3. The predicted molar refractivity (Wildman–Crippen MR) is 107 cm³/mol. The second kappa shape index (κ2) is 9.04. The monoisotopic (exact) mass is 390 g/mol. The van der Waals surface area contributed by atoms with Crippen LogP contribution in [0.1, 0.15) is 50.4 Å². The van der Waals surface area contributed by atoms with Crippen molar-refractivity contribution >= 4 is 23.6 Å². The van der Waals surface area contributed by atoms with E-state index in [1.165, 1.54) is 0 Å². The van der Waals surface area contributed by atoms with Crippen LogP contribution in [0.15, 0.2) is 12.4 Å². The van der Waals surface area contributed by atoms with Crippen molar-refractivity contribution in [1.29, 1.82) is 0 Å². The summed E-state index contributed by atoms with van der Waals surface area (Å²) in [6.07, 6.45) is 8.15. The van der Waals surface area contributed by atoms with Crippen LogP contribution in [-0.2, 0) is 16.1 Å². The molecule has 6 nitrogen and oxygen atoms in total. The molecule has 7 heteroatoms. The Kier molecular flexibility index (Phi) is 6.73. The summed E-state index contributed by atoms with van der Waals surface area (Å²) in [6.45, 7) is 6.90. The van der Waals surface area contributed by atoms with Crippen molar-refractivity contribution < 1.29 is 9.59 Å². The van der Waals surface area contributed by atoms with Gasteiger partial charge in [-0.25, -0.2) is 0 Å². The fourth-order valence-electron chi connectivity index (χ4n) is 4.09. The van der Waals surface area contributed by atoms with Gasteiger partial charge in [0.15, 0.2) is 0 Å². The Morgan fingerprint density at radius 3 is 2.85 bits per heavy atom. The van der Waals surface area contributed by atoms with Gasteiger partial charge in [0.25, 0.3) is 0 Å². The molecule has 2 aliphatic heterocycles. The summed E-state index contributed by atoms with van der Waals surface area (Å²) in [5.74, 6) is 2.04. The molecule has 0 aromatic carbocycles. The minimum atomic E-state index is 0.0371. The van der Waals surface area contributed by atoms with Gasteiger partial charge < -0.3 is 9.80 Å². The van der Waals surface area contributed by atoms with E-state index >= 15 is 0 Å². The SMILES string of the molecule is CCCSCC(=O)N1CCC[C@]2(CCC(=O)N(Cc3cnc(C)cn3)C2)C1. The van der Waals surface area contributed by atoms with Crippen LogP contribution < -0.4 is 0 Å². The van der Waals surface area contributed by atoms with Gasteiger partial charge in [0.1, 0.15) is 0 Å². The van der Waals surface area contributed by atoms with Crippen LogP contribution >= 0.6 is 11.8 Å². The molecule has 0 bridgehead atoms. The van der Waals surface area contributed by atoms with E-state index < -0.39 is 0 Å². The van der Waals surface area contributed by atoms with Crippen LogP contribution in [0, 0.1) is 12.3 Å². The topological polar surface area (TPSA) is 66.4 Å². The highest BCUT2D eigenvalue weighted by molar-refractivity contribution is 7.99. The number of amides is 2. The van der Waals surface area contributed by atoms with Crippen molar-refractivity contribution in [3.05, 3.63) is 23.8 Å². The number of carbonyl (C=O) groups is 2. The summed E-state index contributed by atoms with van der Waals surface area (Å²) in [5.41, 5.74) is 1.74. The number of thioether (sulfide) groups is 1. The normalized spacial score (nSPS) is 23.1. The Morgan fingerprint density at radius 1 is 1.26 bits per heavy atom. The number of rotatable bonds is 6. The lowest BCUT2D eigenvalue weighted by Crippen LogP contribution is -2.55. The summed E-state index contributed by atoms with van der Waals surface area (Å²) in [5, 5.41) is 0. The third-order valence-electron chi connectivity index (χ3n) is 5.52. The first kappa shape index (κ1) is 20.1. The van der Waals surface area contributed by atoms with E-state index in [4.69, 9.17) is 0 Å². The van der Waals surface area contributed by atoms with Gasteiger partial charge in [-0.1, -0.05) is 6.92 Å². The molecule has 2 aliphatic rings. The highest BCUT2D eigenvalue weighted by Crippen LogP contribution is 2.39. The zero-order valence-electron chi connectivity index (χ0n) is 16.4. The average Bonchev–Trinajstić information content (AvgIpc) is 2.67. The maximum atomic E-state index is 12.6. The van der Waals surface area contributed by atoms with E-state index in [0.29, 0.717) is 25.3 Å². The van der Waals surface area contributed by atoms with E-state index in [9.17, 15) is 9.59 Å². The standard InChI is InChI=1S/C20H30N4O2S/c1-3-9-27-13-19(26)23-8-4-6-20(14-23)7-5-18(25)24(15-20)12-17-11-21-16(2)10-22-17/h10-11H,3-9,12-15H2,1-2H3/t20-/m0/s1. The minimum Gasteiger partial charge on any atom is -0.341 e. The molecule has 2 fully saturated rings. The second-order valence-corrected chi connectivity index (χ2v) is 8.98. The molecule has 1 atom stereocenters. The first-order chi connectivity index (χ1) is 13.0. The molecule has 3 heterocycles. The highest BCUT2D eigenvalue weighted by Gasteiger charge is 2.42. The summed E-state index contributed by atoms with van der Waals surface area (Å²) < 4.78 is 0. The number of aryl methyl sites for hydroxylation is 1. The summed E-state index contributed by atoms with van der Waals surface area (Å²) >= 11 is 1.72. The van der Waals surface area contributed by atoms with Crippen LogP contribution in [0.2, 0.25) is 0 Å². The maximum absolute atomic E-state index is 12.6. The number of piperidine rings is 2. The summed E-state index contributed by atoms with van der Waals surface area (Å²) in [6, 6.07) is 0. The Bertz CT molecular complexity index is 666. The summed E-state index contributed by atoms with van der Waals surface area (Å²) in [4.78, 5) is 37.7. The van der Waals surface area contributed by atoms with Crippen LogP contribution in [0.4, 0.5) is 0 Å². The Labute approximate surface area is 166 Å². The largest absolute Gasteiger partial charge is 0.341 e. The van der Waals surface area contributed by atoms with Crippen LogP contribution in [0.5, 0.6) is 0 Å². The van der Waals surface area contributed by atoms with Gasteiger partial charge in [-0.05, 0) is 38.4 Å². The van der Waals surface area contributed by atoms with Crippen LogP contribution in [0.25, 0.3) is 0 Å². The molecule has 1 aromatic heterocycles. The molecular formula is C20H30N4O2S. The lowest BCUT2D eigenvalue weighted by molar-refractivity contribution is -0.142. The lowest BCUT2D eigenvalue weighted by atomic mass is 9.73. The third-order valence-corrected chi connectivity index (χ3v) is 6.67. The molecule has 2 amide bonds. The molecule has 0 N–H and O–H groups in total. The Morgan fingerprint density at radius 2 is 2.11 bits per heavy atom. The molecular weight excluding hydrogens is 360 g/mol. The molecule has 0 radical (unpaired) electrons. The Hall–Kier alpha value is -1.63. The second-order valence-electron chi connectivity index (χ2n) is 7.87. The fourth-order valence-corrected chi connectivity index (χ4v) is 4.88. The fraction of sp³-hybridized carbons (Fsp3) is 0.700. The van der Waals surface area contributed by atoms with Crippen molar-refractivity contribution in [2.45, 2.75) is 52.5 Å². The van der Waals surface area contributed by atoms with Crippen molar-refractivity contribution in [2.24, 2.45) is 5.41 Å². The quantitative estimate of drug-likeness (QED) is 0.699. The zero-order valence-corrected chi connectivity index (χ0v) is 17.3.